The summed E-state index contributed by atoms with van der Waals surface area (Å²) in [6.07, 6.45) is -1.04. The molecule has 0 radical (unpaired) electrons. The first-order chi connectivity index (χ1) is 12.0. The zero-order valence-corrected chi connectivity index (χ0v) is 13.7. The van der Waals surface area contributed by atoms with Crippen LogP contribution in [-0.2, 0) is 25.5 Å². The molecule has 1 aromatic rings. The molecule has 3 aliphatic heterocycles. The monoisotopic (exact) mass is 350 g/mol. The maximum Gasteiger partial charge on any atom is 0.261 e. The van der Waals surface area contributed by atoms with E-state index in [2.05, 4.69) is 10.6 Å². The fourth-order valence-electron chi connectivity index (χ4n) is 3.66. The number of fused-ring (bicyclic) bond motifs is 2. The zero-order chi connectivity index (χ0) is 17.6. The van der Waals surface area contributed by atoms with Crippen LogP contribution in [-0.4, -0.2) is 55.4 Å². The highest BCUT2D eigenvalue weighted by Gasteiger charge is 2.49. The number of benzene rings is 1. The van der Waals surface area contributed by atoms with Gasteiger partial charge in [0.1, 0.15) is 12.2 Å². The topological polar surface area (TPSA) is 85.9 Å². The fourth-order valence-corrected chi connectivity index (χ4v) is 3.66. The summed E-state index contributed by atoms with van der Waals surface area (Å²) >= 11 is 0. The molecule has 0 aliphatic carbocycles. The van der Waals surface area contributed by atoms with Gasteiger partial charge >= 0.3 is 0 Å². The van der Waals surface area contributed by atoms with Gasteiger partial charge in [0.2, 0.25) is 5.91 Å². The van der Waals surface area contributed by atoms with Gasteiger partial charge in [0.15, 0.2) is 17.7 Å². The Morgan fingerprint density at radius 3 is 2.44 bits per heavy atom. The average Bonchev–Trinajstić information content (AvgIpc) is 3.24. The van der Waals surface area contributed by atoms with Gasteiger partial charge in [-0.2, -0.15) is 0 Å². The van der Waals surface area contributed by atoms with Gasteiger partial charge in [-0.1, -0.05) is 12.1 Å². The number of carbonyl (C=O) groups excluding carboxylic acids is 2. The van der Waals surface area contributed by atoms with E-state index in [1.807, 2.05) is 0 Å². The van der Waals surface area contributed by atoms with Crippen LogP contribution in [0.2, 0.25) is 0 Å². The second-order valence-electron chi connectivity index (χ2n) is 6.56. The highest BCUT2D eigenvalue weighted by Crippen LogP contribution is 2.32. The third-order valence-corrected chi connectivity index (χ3v) is 4.78. The molecule has 7 nitrogen and oxygen atoms in total. The van der Waals surface area contributed by atoms with E-state index < -0.39 is 11.9 Å². The van der Waals surface area contributed by atoms with Gasteiger partial charge in [-0.05, 0) is 6.07 Å². The maximum atomic E-state index is 13.7. The van der Waals surface area contributed by atoms with Crippen molar-refractivity contribution in [3.63, 3.8) is 0 Å². The molecule has 1 aromatic carbocycles. The first-order valence-electron chi connectivity index (χ1n) is 8.27. The van der Waals surface area contributed by atoms with Crippen molar-refractivity contribution in [3.8, 4) is 5.75 Å². The molecule has 2 amide bonds. The molecule has 2 N–H and O–H groups in total. The Balaban J connectivity index is 1.37. The Morgan fingerprint density at radius 2 is 1.80 bits per heavy atom. The Bertz CT molecular complexity index is 712. The van der Waals surface area contributed by atoms with E-state index >= 15 is 0 Å². The Morgan fingerprint density at radius 1 is 1.12 bits per heavy atom. The summed E-state index contributed by atoms with van der Waals surface area (Å²) in [5, 5.41) is 5.66. The number of ether oxygens (including phenoxy) is 3. The van der Waals surface area contributed by atoms with E-state index in [0.29, 0.717) is 25.2 Å². The summed E-state index contributed by atoms with van der Waals surface area (Å²) in [6.45, 7) is 2.08. The van der Waals surface area contributed by atoms with E-state index in [9.17, 15) is 14.0 Å². The largest absolute Gasteiger partial charge is 0.477 e. The highest BCUT2D eigenvalue weighted by atomic mass is 19.1. The van der Waals surface area contributed by atoms with Crippen LogP contribution in [0, 0.1) is 5.82 Å². The third-order valence-electron chi connectivity index (χ3n) is 4.78. The first kappa shape index (κ1) is 16.3. The van der Waals surface area contributed by atoms with Crippen molar-refractivity contribution in [2.45, 2.75) is 43.7 Å². The summed E-state index contributed by atoms with van der Waals surface area (Å²) in [4.78, 5) is 23.7. The molecule has 4 rings (SSSR count). The lowest BCUT2D eigenvalue weighted by Gasteiger charge is -2.20. The molecule has 5 atom stereocenters. The van der Waals surface area contributed by atoms with Gasteiger partial charge in [0.25, 0.3) is 5.91 Å². The van der Waals surface area contributed by atoms with Crippen molar-refractivity contribution in [2.75, 3.05) is 13.2 Å². The van der Waals surface area contributed by atoms with E-state index in [1.165, 1.54) is 13.0 Å². The number of hydrogen-bond acceptors (Lipinski definition) is 5. The van der Waals surface area contributed by atoms with Crippen LogP contribution in [0.4, 0.5) is 4.39 Å². The molecule has 0 bridgehead atoms. The van der Waals surface area contributed by atoms with E-state index in [1.54, 1.807) is 12.1 Å². The van der Waals surface area contributed by atoms with Gasteiger partial charge in [-0.15, -0.1) is 0 Å². The lowest BCUT2D eigenvalue weighted by atomic mass is 10.1. The van der Waals surface area contributed by atoms with Crippen LogP contribution in [0.25, 0.3) is 0 Å². The Hall–Kier alpha value is -2.19. The number of carbonyl (C=O) groups is 2. The third kappa shape index (κ3) is 2.96. The second-order valence-corrected chi connectivity index (χ2v) is 6.56. The van der Waals surface area contributed by atoms with Gasteiger partial charge in [0.05, 0.1) is 25.3 Å². The minimum atomic E-state index is -0.765. The summed E-state index contributed by atoms with van der Waals surface area (Å²) in [5.74, 6) is -0.790. The Labute approximate surface area is 143 Å². The van der Waals surface area contributed by atoms with E-state index in [-0.39, 0.29) is 41.9 Å². The molecule has 2 saturated heterocycles. The number of para-hydroxylation sites is 1. The minimum Gasteiger partial charge on any atom is -0.477 e. The molecular formula is C17H19FN2O5. The van der Waals surface area contributed by atoms with Gasteiger partial charge in [-0.25, -0.2) is 4.39 Å². The standard InChI is InChI=1S/C17H19FN2O5/c1-8(21)19-11-6-23-16-12(7-24-15(11)16)20-17(22)13-5-9-3-2-4-10(18)14(9)25-13/h2-4,11-13,15-16H,5-7H2,1H3,(H,19,21)(H,20,22)/t11-,12-,13?,15+,16+/m0/s1. The van der Waals surface area contributed by atoms with Crippen LogP contribution in [0.3, 0.4) is 0 Å². The normalized spacial score (nSPS) is 32.6. The molecular weight excluding hydrogens is 331 g/mol. The molecule has 0 saturated carbocycles. The SMILES string of the molecule is CC(=O)N[C@H]1CO[C@H]2[C@@H]1OC[C@@H]2NC(=O)C1Cc2cccc(F)c2O1. The number of nitrogens with one attached hydrogen (secondary N) is 2. The quantitative estimate of drug-likeness (QED) is 0.796. The van der Waals surface area contributed by atoms with Gasteiger partial charge in [-0.3, -0.25) is 9.59 Å². The zero-order valence-electron chi connectivity index (χ0n) is 13.7. The van der Waals surface area contributed by atoms with Crippen molar-refractivity contribution in [3.05, 3.63) is 29.6 Å². The van der Waals surface area contributed by atoms with E-state index in [4.69, 9.17) is 14.2 Å². The molecule has 3 aliphatic rings. The summed E-state index contributed by atoms with van der Waals surface area (Å²) in [5.41, 5.74) is 0.684. The predicted molar refractivity (Wildman–Crippen MR) is 83.5 cm³/mol. The maximum absolute atomic E-state index is 13.7. The van der Waals surface area contributed by atoms with Gasteiger partial charge < -0.3 is 24.8 Å². The highest BCUT2D eigenvalue weighted by molar-refractivity contribution is 5.83. The molecule has 25 heavy (non-hydrogen) atoms. The predicted octanol–water partition coefficient (Wildman–Crippen LogP) is -0.0837. The smallest absolute Gasteiger partial charge is 0.261 e. The molecule has 2 fully saturated rings. The van der Waals surface area contributed by atoms with Crippen LogP contribution in [0.1, 0.15) is 12.5 Å². The van der Waals surface area contributed by atoms with Crippen molar-refractivity contribution < 1.29 is 28.2 Å². The van der Waals surface area contributed by atoms with Crippen molar-refractivity contribution in [1.82, 2.24) is 10.6 Å². The fraction of sp³-hybridized carbons (Fsp3) is 0.529. The summed E-state index contributed by atoms with van der Waals surface area (Å²) in [7, 11) is 0. The van der Waals surface area contributed by atoms with Crippen LogP contribution < -0.4 is 15.4 Å². The van der Waals surface area contributed by atoms with Crippen LogP contribution in [0.5, 0.6) is 5.75 Å². The summed E-state index contributed by atoms with van der Waals surface area (Å²) < 4.78 is 30.6. The second kappa shape index (κ2) is 6.27. The lowest BCUT2D eigenvalue weighted by molar-refractivity contribution is -0.128. The summed E-state index contributed by atoms with van der Waals surface area (Å²) in [6, 6.07) is 4.11. The molecule has 134 valence electrons. The molecule has 0 aromatic heterocycles. The average molecular weight is 350 g/mol. The van der Waals surface area contributed by atoms with Crippen LogP contribution in [0.15, 0.2) is 18.2 Å². The Kier molecular flexibility index (Phi) is 4.09. The van der Waals surface area contributed by atoms with Crippen molar-refractivity contribution in [2.24, 2.45) is 0 Å². The minimum absolute atomic E-state index is 0.144. The van der Waals surface area contributed by atoms with E-state index in [0.717, 1.165) is 0 Å². The first-order valence-corrected chi connectivity index (χ1v) is 8.27. The number of hydrogen-bond donors (Lipinski definition) is 2. The van der Waals surface area contributed by atoms with Gasteiger partial charge in [0, 0.05) is 18.9 Å². The number of halogens is 1. The molecule has 3 heterocycles. The lowest BCUT2D eigenvalue weighted by Crippen LogP contribution is -2.49. The van der Waals surface area contributed by atoms with Crippen LogP contribution >= 0.6 is 0 Å². The number of rotatable bonds is 3. The molecule has 1 unspecified atom stereocenters. The molecule has 0 spiro atoms. The molecule has 8 heteroatoms. The van der Waals surface area contributed by atoms with Crippen molar-refractivity contribution >= 4 is 11.8 Å². The van der Waals surface area contributed by atoms with Crippen molar-refractivity contribution in [1.29, 1.82) is 0 Å². The number of amides is 2.